The summed E-state index contributed by atoms with van der Waals surface area (Å²) in [4.78, 5) is 57.7. The number of nitrogens with one attached hydrogen (secondary N) is 3. The van der Waals surface area contributed by atoms with E-state index in [4.69, 9.17) is 0 Å². The molecule has 4 amide bonds. The van der Waals surface area contributed by atoms with Crippen molar-refractivity contribution in [1.29, 1.82) is 0 Å². The van der Waals surface area contributed by atoms with Gasteiger partial charge in [0.05, 0.1) is 6.20 Å². The standard InChI is InChI=1S/C34H51N7O4/c1-5-27(31(38-29(42)6-2)34(45)40-22-20-39(4)21-23-40)24-14-16-26(17-15-24)36-32(43)30(25-12-10-8-9-11-13-25)33(44)37-28-18-19-35-41(28)7-3/h14-19,25,27,30-31H,5-13,20-23H2,1-4H3,(H,36,43)(H,37,44)(H,38,42)/t27-,30-,31+/m0/s1. The molecule has 45 heavy (non-hydrogen) atoms. The molecule has 0 bridgehead atoms. The molecule has 1 aromatic heterocycles. The Labute approximate surface area is 267 Å². The van der Waals surface area contributed by atoms with E-state index in [9.17, 15) is 19.2 Å². The van der Waals surface area contributed by atoms with Crippen LogP contribution in [0.1, 0.15) is 83.6 Å². The monoisotopic (exact) mass is 621 g/mol. The number of hydrogen-bond acceptors (Lipinski definition) is 6. The van der Waals surface area contributed by atoms with E-state index < -0.39 is 12.0 Å². The van der Waals surface area contributed by atoms with Crippen molar-refractivity contribution < 1.29 is 19.2 Å². The molecule has 3 atom stereocenters. The van der Waals surface area contributed by atoms with Crippen LogP contribution in [0, 0.1) is 11.8 Å². The van der Waals surface area contributed by atoms with Crippen LogP contribution in [0.3, 0.4) is 0 Å². The van der Waals surface area contributed by atoms with Crippen LogP contribution in [0.25, 0.3) is 0 Å². The fourth-order valence-electron chi connectivity index (χ4n) is 6.62. The van der Waals surface area contributed by atoms with Crippen LogP contribution in [-0.2, 0) is 25.7 Å². The van der Waals surface area contributed by atoms with Crippen LogP contribution in [0.15, 0.2) is 36.5 Å². The second kappa shape index (κ2) is 16.5. The number of benzene rings is 1. The van der Waals surface area contributed by atoms with Gasteiger partial charge in [-0.3, -0.25) is 19.2 Å². The summed E-state index contributed by atoms with van der Waals surface area (Å²) < 4.78 is 1.70. The fraction of sp³-hybridized carbons (Fsp3) is 0.618. The number of nitrogens with zero attached hydrogens (tertiary/aromatic N) is 4. The molecule has 2 heterocycles. The quantitative estimate of drug-likeness (QED) is 0.240. The molecule has 0 radical (unpaired) electrons. The summed E-state index contributed by atoms with van der Waals surface area (Å²) in [5.74, 6) is -1.37. The topological polar surface area (TPSA) is 129 Å². The zero-order chi connectivity index (χ0) is 32.3. The Morgan fingerprint density at radius 3 is 2.11 bits per heavy atom. The normalized spacial score (nSPS) is 18.4. The third kappa shape index (κ3) is 8.93. The van der Waals surface area contributed by atoms with Crippen molar-refractivity contribution in [2.75, 3.05) is 43.9 Å². The van der Waals surface area contributed by atoms with E-state index in [0.29, 0.717) is 44.0 Å². The van der Waals surface area contributed by atoms with Gasteiger partial charge in [-0.05, 0) is 56.8 Å². The Balaban J connectivity index is 1.51. The maximum Gasteiger partial charge on any atom is 0.245 e. The van der Waals surface area contributed by atoms with Gasteiger partial charge in [0, 0.05) is 56.8 Å². The van der Waals surface area contributed by atoms with Crippen molar-refractivity contribution >= 4 is 35.1 Å². The molecule has 0 spiro atoms. The number of aryl methyl sites for hydroxylation is 1. The Kier molecular flexibility index (Phi) is 12.6. The van der Waals surface area contributed by atoms with Crippen LogP contribution in [0.2, 0.25) is 0 Å². The molecule has 2 aromatic rings. The molecule has 2 aliphatic rings. The molecule has 0 unspecified atom stereocenters. The molecule has 1 aromatic carbocycles. The number of aromatic nitrogens is 2. The highest BCUT2D eigenvalue weighted by Crippen LogP contribution is 2.32. The first-order valence-corrected chi connectivity index (χ1v) is 16.8. The molecule has 1 saturated heterocycles. The summed E-state index contributed by atoms with van der Waals surface area (Å²) in [7, 11) is 2.04. The van der Waals surface area contributed by atoms with Crippen LogP contribution in [-0.4, -0.2) is 82.5 Å². The van der Waals surface area contributed by atoms with Gasteiger partial charge in [0.25, 0.3) is 0 Å². The predicted molar refractivity (Wildman–Crippen MR) is 176 cm³/mol. The molecular weight excluding hydrogens is 570 g/mol. The largest absolute Gasteiger partial charge is 0.344 e. The average molecular weight is 622 g/mol. The second-order valence-electron chi connectivity index (χ2n) is 12.4. The first kappa shape index (κ1) is 34.1. The minimum absolute atomic E-state index is 0.0437. The molecule has 246 valence electrons. The number of rotatable bonds is 12. The molecule has 4 rings (SSSR count). The highest BCUT2D eigenvalue weighted by atomic mass is 16.2. The van der Waals surface area contributed by atoms with Crippen LogP contribution < -0.4 is 16.0 Å². The summed E-state index contributed by atoms with van der Waals surface area (Å²) in [5.41, 5.74) is 1.49. The van der Waals surface area contributed by atoms with E-state index in [1.54, 1.807) is 23.9 Å². The average Bonchev–Trinajstić information content (AvgIpc) is 3.32. The van der Waals surface area contributed by atoms with Gasteiger partial charge in [0.1, 0.15) is 17.8 Å². The van der Waals surface area contributed by atoms with Crippen molar-refractivity contribution in [3.63, 3.8) is 0 Å². The number of carbonyl (C=O) groups excluding carboxylic acids is 4. The number of likely N-dealkylation sites (N-methyl/N-ethyl adjacent to an activating group) is 1. The number of amides is 4. The van der Waals surface area contributed by atoms with E-state index >= 15 is 0 Å². The van der Waals surface area contributed by atoms with E-state index in [-0.39, 0.29) is 35.5 Å². The molecular formula is C34H51N7O4. The lowest BCUT2D eigenvalue weighted by molar-refractivity contribution is -0.138. The zero-order valence-corrected chi connectivity index (χ0v) is 27.4. The third-order valence-corrected chi connectivity index (χ3v) is 9.37. The Hall–Kier alpha value is -3.73. The molecule has 2 fully saturated rings. The minimum Gasteiger partial charge on any atom is -0.344 e. The summed E-state index contributed by atoms with van der Waals surface area (Å²) in [5, 5.41) is 13.2. The van der Waals surface area contributed by atoms with Gasteiger partial charge >= 0.3 is 0 Å². The second-order valence-corrected chi connectivity index (χ2v) is 12.4. The number of piperazine rings is 1. The Bertz CT molecular complexity index is 1280. The summed E-state index contributed by atoms with van der Waals surface area (Å²) in [6.45, 7) is 9.22. The van der Waals surface area contributed by atoms with Gasteiger partial charge in [-0.15, -0.1) is 0 Å². The lowest BCUT2D eigenvalue weighted by Crippen LogP contribution is -2.56. The van der Waals surface area contributed by atoms with Crippen molar-refractivity contribution in [2.24, 2.45) is 11.8 Å². The molecule has 11 nitrogen and oxygen atoms in total. The predicted octanol–water partition coefficient (Wildman–Crippen LogP) is 4.23. The SMILES string of the molecule is CCC(=O)N[C@@H](C(=O)N1CCN(C)CC1)[C@@H](CC)c1ccc(NC(=O)[C@@H](C(=O)Nc2ccnn2CC)C2CCCCCC2)cc1. The molecule has 1 saturated carbocycles. The molecule has 11 heteroatoms. The summed E-state index contributed by atoms with van der Waals surface area (Å²) in [6.07, 6.45) is 8.50. The van der Waals surface area contributed by atoms with Gasteiger partial charge in [0.2, 0.25) is 23.6 Å². The van der Waals surface area contributed by atoms with Crippen LogP contribution in [0.4, 0.5) is 11.5 Å². The maximum atomic E-state index is 13.8. The first-order chi connectivity index (χ1) is 21.7. The number of carbonyl (C=O) groups is 4. The highest BCUT2D eigenvalue weighted by molar-refractivity contribution is 6.10. The van der Waals surface area contributed by atoms with Crippen molar-refractivity contribution in [3.05, 3.63) is 42.1 Å². The number of hydrogen-bond donors (Lipinski definition) is 3. The van der Waals surface area contributed by atoms with E-state index in [1.807, 2.05) is 50.1 Å². The minimum atomic E-state index is -0.832. The smallest absolute Gasteiger partial charge is 0.245 e. The van der Waals surface area contributed by atoms with Gasteiger partial charge in [-0.25, -0.2) is 4.68 Å². The lowest BCUT2D eigenvalue weighted by Gasteiger charge is -2.37. The van der Waals surface area contributed by atoms with Crippen molar-refractivity contribution in [3.8, 4) is 0 Å². The highest BCUT2D eigenvalue weighted by Gasteiger charge is 2.36. The summed E-state index contributed by atoms with van der Waals surface area (Å²) >= 11 is 0. The lowest BCUT2D eigenvalue weighted by atomic mass is 9.84. The van der Waals surface area contributed by atoms with Gasteiger partial charge in [-0.1, -0.05) is 51.7 Å². The maximum absolute atomic E-state index is 13.8. The molecule has 3 N–H and O–H groups in total. The summed E-state index contributed by atoms with van der Waals surface area (Å²) in [6, 6.07) is 8.54. The Morgan fingerprint density at radius 1 is 0.867 bits per heavy atom. The van der Waals surface area contributed by atoms with E-state index in [1.165, 1.54) is 0 Å². The molecule has 1 aliphatic heterocycles. The van der Waals surface area contributed by atoms with Crippen molar-refractivity contribution in [1.82, 2.24) is 24.9 Å². The first-order valence-electron chi connectivity index (χ1n) is 16.8. The third-order valence-electron chi connectivity index (χ3n) is 9.37. The van der Waals surface area contributed by atoms with Gasteiger partial charge in [0.15, 0.2) is 0 Å². The van der Waals surface area contributed by atoms with Crippen LogP contribution >= 0.6 is 0 Å². The number of anilines is 2. The zero-order valence-electron chi connectivity index (χ0n) is 27.4. The van der Waals surface area contributed by atoms with Gasteiger partial charge < -0.3 is 25.8 Å². The van der Waals surface area contributed by atoms with Crippen molar-refractivity contribution in [2.45, 2.75) is 90.6 Å². The fourth-order valence-corrected chi connectivity index (χ4v) is 6.62. The van der Waals surface area contributed by atoms with Gasteiger partial charge in [-0.2, -0.15) is 5.10 Å². The van der Waals surface area contributed by atoms with E-state index in [0.717, 1.165) is 57.2 Å². The molecule has 1 aliphatic carbocycles. The van der Waals surface area contributed by atoms with E-state index in [2.05, 4.69) is 25.9 Å². The van der Waals surface area contributed by atoms with Crippen LogP contribution in [0.5, 0.6) is 0 Å². The Morgan fingerprint density at radius 2 is 1.51 bits per heavy atom.